The van der Waals surface area contributed by atoms with E-state index in [1.54, 1.807) is 42.5 Å². The van der Waals surface area contributed by atoms with E-state index in [-0.39, 0.29) is 5.91 Å². The summed E-state index contributed by atoms with van der Waals surface area (Å²) in [6.45, 7) is 4.00. The number of aryl methyl sites for hydroxylation is 2. The SMILES string of the molecule is Cc1ccc(Sc2c(C=NNC(=O)c3ccncc3)c(C)nn2-c2ccccc2)cc1. The lowest BCUT2D eigenvalue weighted by Crippen LogP contribution is -2.17. The van der Waals surface area contributed by atoms with Gasteiger partial charge in [-0.3, -0.25) is 9.78 Å². The highest BCUT2D eigenvalue weighted by Gasteiger charge is 2.17. The molecule has 2 heterocycles. The predicted molar refractivity (Wildman–Crippen MR) is 123 cm³/mol. The van der Waals surface area contributed by atoms with E-state index >= 15 is 0 Å². The molecule has 0 atom stereocenters. The fourth-order valence-corrected chi connectivity index (χ4v) is 3.99. The maximum absolute atomic E-state index is 12.3. The first-order chi connectivity index (χ1) is 15.1. The first-order valence-electron chi connectivity index (χ1n) is 9.75. The van der Waals surface area contributed by atoms with Crippen molar-refractivity contribution < 1.29 is 4.79 Å². The molecule has 7 heteroatoms. The topological polar surface area (TPSA) is 72.2 Å². The van der Waals surface area contributed by atoms with E-state index in [4.69, 9.17) is 5.10 Å². The summed E-state index contributed by atoms with van der Waals surface area (Å²) in [7, 11) is 0. The van der Waals surface area contributed by atoms with Crippen LogP contribution in [0.5, 0.6) is 0 Å². The monoisotopic (exact) mass is 427 g/mol. The Hall–Kier alpha value is -3.71. The third-order valence-corrected chi connectivity index (χ3v) is 5.70. The van der Waals surface area contributed by atoms with Crippen molar-refractivity contribution in [3.05, 3.63) is 102 Å². The largest absolute Gasteiger partial charge is 0.271 e. The van der Waals surface area contributed by atoms with Gasteiger partial charge in [-0.05, 0) is 50.2 Å². The first kappa shape index (κ1) is 20.6. The van der Waals surface area contributed by atoms with Gasteiger partial charge in [0.15, 0.2) is 0 Å². The molecule has 2 aromatic heterocycles. The molecule has 6 nitrogen and oxygen atoms in total. The Morgan fingerprint density at radius 1 is 1.00 bits per heavy atom. The molecule has 154 valence electrons. The van der Waals surface area contributed by atoms with E-state index < -0.39 is 0 Å². The van der Waals surface area contributed by atoms with Crippen molar-refractivity contribution in [1.82, 2.24) is 20.2 Å². The summed E-state index contributed by atoms with van der Waals surface area (Å²) in [5.74, 6) is -0.292. The molecule has 4 aromatic rings. The van der Waals surface area contributed by atoms with Crippen LogP contribution in [-0.4, -0.2) is 26.9 Å². The molecule has 0 aliphatic heterocycles. The number of rotatable bonds is 6. The minimum atomic E-state index is -0.292. The number of carbonyl (C=O) groups is 1. The van der Waals surface area contributed by atoms with E-state index in [9.17, 15) is 4.79 Å². The van der Waals surface area contributed by atoms with Crippen molar-refractivity contribution in [2.45, 2.75) is 23.8 Å². The van der Waals surface area contributed by atoms with E-state index in [0.717, 1.165) is 26.9 Å². The van der Waals surface area contributed by atoms with Crippen LogP contribution in [0.2, 0.25) is 0 Å². The second-order valence-corrected chi connectivity index (χ2v) is 7.96. The number of hydrazone groups is 1. The molecular weight excluding hydrogens is 406 g/mol. The van der Waals surface area contributed by atoms with Crippen molar-refractivity contribution >= 4 is 23.9 Å². The van der Waals surface area contributed by atoms with Gasteiger partial charge in [0.25, 0.3) is 5.91 Å². The number of nitrogens with zero attached hydrogens (tertiary/aromatic N) is 4. The van der Waals surface area contributed by atoms with Crippen LogP contribution < -0.4 is 5.43 Å². The molecular formula is C24H21N5OS. The highest BCUT2D eigenvalue weighted by Crippen LogP contribution is 2.33. The minimum Gasteiger partial charge on any atom is -0.267 e. The summed E-state index contributed by atoms with van der Waals surface area (Å²) < 4.78 is 1.91. The summed E-state index contributed by atoms with van der Waals surface area (Å²) in [5.41, 5.74) is 6.91. The van der Waals surface area contributed by atoms with Crippen LogP contribution in [0.3, 0.4) is 0 Å². The van der Waals surface area contributed by atoms with Crippen LogP contribution in [-0.2, 0) is 0 Å². The van der Waals surface area contributed by atoms with Crippen molar-refractivity contribution in [3.8, 4) is 5.69 Å². The van der Waals surface area contributed by atoms with Gasteiger partial charge in [-0.25, -0.2) is 10.1 Å². The highest BCUT2D eigenvalue weighted by molar-refractivity contribution is 7.99. The van der Waals surface area contributed by atoms with Crippen molar-refractivity contribution in [3.63, 3.8) is 0 Å². The van der Waals surface area contributed by atoms with Gasteiger partial charge in [0.1, 0.15) is 5.03 Å². The summed E-state index contributed by atoms with van der Waals surface area (Å²) >= 11 is 1.61. The third kappa shape index (κ3) is 4.90. The third-order valence-electron chi connectivity index (χ3n) is 4.60. The number of benzene rings is 2. The predicted octanol–water partition coefficient (Wildman–Crippen LogP) is 4.80. The lowest BCUT2D eigenvalue weighted by molar-refractivity contribution is 0.0955. The van der Waals surface area contributed by atoms with Crippen LogP contribution in [0, 0.1) is 13.8 Å². The molecule has 2 aromatic carbocycles. The Kier molecular flexibility index (Phi) is 6.24. The zero-order valence-corrected chi connectivity index (χ0v) is 18.0. The molecule has 0 bridgehead atoms. The van der Waals surface area contributed by atoms with Crippen molar-refractivity contribution in [2.24, 2.45) is 5.10 Å². The number of hydrogen-bond acceptors (Lipinski definition) is 5. The zero-order chi connectivity index (χ0) is 21.6. The minimum absolute atomic E-state index is 0.292. The summed E-state index contributed by atoms with van der Waals surface area (Å²) in [6, 6.07) is 21.6. The van der Waals surface area contributed by atoms with Gasteiger partial charge in [-0.1, -0.05) is 47.7 Å². The molecule has 31 heavy (non-hydrogen) atoms. The first-order valence-corrected chi connectivity index (χ1v) is 10.6. The fourth-order valence-electron chi connectivity index (χ4n) is 2.95. The molecule has 0 saturated carbocycles. The Labute approximate surface area is 185 Å². The van der Waals surface area contributed by atoms with Gasteiger partial charge >= 0.3 is 0 Å². The Morgan fingerprint density at radius 3 is 2.42 bits per heavy atom. The lowest BCUT2D eigenvalue weighted by atomic mass is 10.2. The van der Waals surface area contributed by atoms with Gasteiger partial charge in [0, 0.05) is 22.9 Å². The molecule has 1 amide bonds. The van der Waals surface area contributed by atoms with E-state index in [1.165, 1.54) is 5.56 Å². The second-order valence-electron chi connectivity index (χ2n) is 6.90. The number of nitrogens with one attached hydrogen (secondary N) is 1. The Morgan fingerprint density at radius 2 is 1.71 bits per heavy atom. The molecule has 0 aliphatic carbocycles. The van der Waals surface area contributed by atoms with Gasteiger partial charge in [0.05, 0.1) is 23.2 Å². The van der Waals surface area contributed by atoms with Crippen molar-refractivity contribution in [2.75, 3.05) is 0 Å². The maximum atomic E-state index is 12.3. The molecule has 0 radical (unpaired) electrons. The molecule has 4 rings (SSSR count). The van der Waals surface area contributed by atoms with Gasteiger partial charge in [0.2, 0.25) is 0 Å². The molecule has 0 aliphatic rings. The van der Waals surface area contributed by atoms with Crippen LogP contribution in [0.4, 0.5) is 0 Å². The van der Waals surface area contributed by atoms with E-state index in [0.29, 0.717) is 5.56 Å². The quantitative estimate of drug-likeness (QED) is 0.354. The zero-order valence-electron chi connectivity index (χ0n) is 17.2. The normalized spacial score (nSPS) is 11.0. The van der Waals surface area contributed by atoms with Crippen LogP contribution in [0.25, 0.3) is 5.69 Å². The van der Waals surface area contributed by atoms with Gasteiger partial charge in [-0.2, -0.15) is 10.2 Å². The summed E-state index contributed by atoms with van der Waals surface area (Å²) in [5, 5.41) is 9.85. The molecule has 0 unspecified atom stereocenters. The lowest BCUT2D eigenvalue weighted by Gasteiger charge is -2.08. The smallest absolute Gasteiger partial charge is 0.267 e. The number of para-hydroxylation sites is 1. The number of pyridine rings is 1. The molecule has 0 saturated heterocycles. The highest BCUT2D eigenvalue weighted by atomic mass is 32.2. The molecule has 1 N–H and O–H groups in total. The maximum Gasteiger partial charge on any atom is 0.271 e. The summed E-state index contributed by atoms with van der Waals surface area (Å²) in [4.78, 5) is 17.3. The van der Waals surface area contributed by atoms with Crippen LogP contribution in [0.1, 0.15) is 27.2 Å². The number of amides is 1. The average Bonchev–Trinajstić information content (AvgIpc) is 3.11. The van der Waals surface area contributed by atoms with E-state index in [2.05, 4.69) is 46.7 Å². The van der Waals surface area contributed by atoms with Gasteiger partial charge in [-0.15, -0.1) is 0 Å². The summed E-state index contributed by atoms with van der Waals surface area (Å²) in [6.07, 6.45) is 4.80. The van der Waals surface area contributed by atoms with Crippen LogP contribution in [0.15, 0.2) is 94.1 Å². The Balaban J connectivity index is 1.66. The van der Waals surface area contributed by atoms with E-state index in [1.807, 2.05) is 41.9 Å². The molecule has 0 spiro atoms. The van der Waals surface area contributed by atoms with Crippen LogP contribution >= 0.6 is 11.8 Å². The number of carbonyl (C=O) groups excluding carboxylic acids is 1. The second kappa shape index (κ2) is 9.40. The number of hydrogen-bond donors (Lipinski definition) is 1. The Bertz CT molecular complexity index is 1200. The number of aromatic nitrogens is 3. The van der Waals surface area contributed by atoms with Gasteiger partial charge < -0.3 is 0 Å². The van der Waals surface area contributed by atoms with Crippen molar-refractivity contribution in [1.29, 1.82) is 0 Å². The fraction of sp³-hybridized carbons (Fsp3) is 0.0833. The molecule has 0 fully saturated rings. The standard InChI is InChI=1S/C24H21N5OS/c1-17-8-10-21(11-9-17)31-24-22(16-26-27-23(30)19-12-14-25-15-13-19)18(2)28-29(24)20-6-4-3-5-7-20/h3-16H,1-2H3,(H,27,30). The average molecular weight is 428 g/mol.